The van der Waals surface area contributed by atoms with Crippen molar-refractivity contribution in [3.8, 4) is 0 Å². The number of hydrogen-bond acceptors (Lipinski definition) is 5. The summed E-state index contributed by atoms with van der Waals surface area (Å²) in [6, 6.07) is 17.5. The molecule has 0 bridgehead atoms. The molecule has 1 amide bonds. The summed E-state index contributed by atoms with van der Waals surface area (Å²) in [6.45, 7) is 3.43. The van der Waals surface area contributed by atoms with E-state index in [1.54, 1.807) is 0 Å². The summed E-state index contributed by atoms with van der Waals surface area (Å²) in [5.41, 5.74) is 1.61. The lowest BCUT2D eigenvalue weighted by atomic mass is 10.0. The molecular formula is C21H21NO5. The molecule has 0 aliphatic heterocycles. The number of carbonyl (C=O) groups is 3. The van der Waals surface area contributed by atoms with E-state index in [0.29, 0.717) is 6.29 Å². The van der Waals surface area contributed by atoms with Crippen LogP contribution >= 0.6 is 0 Å². The third kappa shape index (κ3) is 6.43. The highest BCUT2D eigenvalue weighted by molar-refractivity contribution is 5.79. The fourth-order valence-corrected chi connectivity index (χ4v) is 2.40. The van der Waals surface area contributed by atoms with E-state index >= 15 is 0 Å². The summed E-state index contributed by atoms with van der Waals surface area (Å²) < 4.78 is 10.4. The normalized spacial score (nSPS) is 11.3. The number of aldehydes is 1. The van der Waals surface area contributed by atoms with Crippen molar-refractivity contribution in [3.63, 3.8) is 0 Å². The molecule has 1 atom stereocenters. The third-order valence-corrected chi connectivity index (χ3v) is 3.64. The molecule has 27 heavy (non-hydrogen) atoms. The summed E-state index contributed by atoms with van der Waals surface area (Å²) >= 11 is 0. The Bertz CT molecular complexity index is 721. The molecule has 1 unspecified atom stereocenters. The Kier molecular flexibility index (Phi) is 7.78. The van der Waals surface area contributed by atoms with Crippen LogP contribution in [0.2, 0.25) is 0 Å². The van der Waals surface area contributed by atoms with Crippen molar-refractivity contribution in [2.45, 2.75) is 18.6 Å². The number of esters is 1. The molecule has 0 aliphatic rings. The van der Waals surface area contributed by atoms with Gasteiger partial charge in [0.1, 0.15) is 12.9 Å². The molecule has 0 aliphatic carbocycles. The number of hydrogen-bond donors (Lipinski definition) is 1. The molecule has 0 aromatic heterocycles. The summed E-state index contributed by atoms with van der Waals surface area (Å²) in [5.74, 6) is -0.617. The van der Waals surface area contributed by atoms with Crippen LogP contribution in [0.15, 0.2) is 73.3 Å². The number of alkyl carbamates (subject to hydrolysis) is 1. The zero-order chi connectivity index (χ0) is 19.5. The fraction of sp³-hybridized carbons (Fsp3) is 0.190. The monoisotopic (exact) mass is 367 g/mol. The van der Waals surface area contributed by atoms with Gasteiger partial charge in [0, 0.05) is 0 Å². The number of ether oxygens (including phenoxy) is 2. The maximum atomic E-state index is 12.4. The van der Waals surface area contributed by atoms with Crippen LogP contribution in [0.3, 0.4) is 0 Å². The summed E-state index contributed by atoms with van der Waals surface area (Å²) in [6.07, 6.45) is 0.148. The van der Waals surface area contributed by atoms with Crippen molar-refractivity contribution in [2.75, 3.05) is 6.61 Å². The first-order valence-electron chi connectivity index (χ1n) is 8.43. The molecule has 0 heterocycles. The van der Waals surface area contributed by atoms with Gasteiger partial charge in [-0.2, -0.15) is 0 Å². The van der Waals surface area contributed by atoms with Gasteiger partial charge >= 0.3 is 12.1 Å². The van der Waals surface area contributed by atoms with E-state index in [1.165, 1.54) is 6.08 Å². The lowest BCUT2D eigenvalue weighted by Gasteiger charge is -2.20. The molecule has 0 saturated carbocycles. The van der Waals surface area contributed by atoms with Gasteiger partial charge in [0.2, 0.25) is 0 Å². The molecule has 0 fully saturated rings. The summed E-state index contributed by atoms with van der Waals surface area (Å²) in [7, 11) is 0. The van der Waals surface area contributed by atoms with E-state index in [-0.39, 0.29) is 13.0 Å². The van der Waals surface area contributed by atoms with Gasteiger partial charge in [0.15, 0.2) is 6.10 Å². The number of nitrogens with one attached hydrogen (secondary N) is 1. The van der Waals surface area contributed by atoms with Gasteiger partial charge in [-0.05, 0) is 11.1 Å². The minimum atomic E-state index is -1.04. The first kappa shape index (κ1) is 19.9. The molecule has 2 aromatic rings. The Labute approximate surface area is 157 Å². The first-order chi connectivity index (χ1) is 13.1. The van der Waals surface area contributed by atoms with Crippen LogP contribution in [0.1, 0.15) is 23.7 Å². The topological polar surface area (TPSA) is 81.7 Å². The van der Waals surface area contributed by atoms with Crippen LogP contribution in [0.5, 0.6) is 0 Å². The van der Waals surface area contributed by atoms with E-state index in [2.05, 4.69) is 11.9 Å². The maximum Gasteiger partial charge on any atom is 0.408 e. The molecule has 2 aromatic carbocycles. The van der Waals surface area contributed by atoms with Crippen LogP contribution in [0.25, 0.3) is 0 Å². The standard InChI is InChI=1S/C21H21NO5/c1-2-13-26-21(25)22-18(15-23)14-19(24)27-20(16-9-5-3-6-10-16)17-11-7-4-8-12-17/h2-12,15,18,20H,1,13-14H2,(H,22,25). The third-order valence-electron chi connectivity index (χ3n) is 3.64. The summed E-state index contributed by atoms with van der Waals surface area (Å²) in [4.78, 5) is 35.1. The van der Waals surface area contributed by atoms with Crippen LogP contribution < -0.4 is 5.32 Å². The maximum absolute atomic E-state index is 12.4. The van der Waals surface area contributed by atoms with E-state index < -0.39 is 24.2 Å². The highest BCUT2D eigenvalue weighted by atomic mass is 16.6. The predicted octanol–water partition coefficient (Wildman–Crippen LogP) is 3.19. The van der Waals surface area contributed by atoms with Crippen molar-refractivity contribution in [1.82, 2.24) is 5.32 Å². The van der Waals surface area contributed by atoms with Gasteiger partial charge in [-0.3, -0.25) is 4.79 Å². The van der Waals surface area contributed by atoms with Crippen molar-refractivity contribution in [1.29, 1.82) is 0 Å². The smallest absolute Gasteiger partial charge is 0.408 e. The zero-order valence-electron chi connectivity index (χ0n) is 14.7. The molecule has 0 saturated heterocycles. The van der Waals surface area contributed by atoms with Gasteiger partial charge in [-0.15, -0.1) is 0 Å². The quantitative estimate of drug-likeness (QED) is 0.418. The van der Waals surface area contributed by atoms with Crippen molar-refractivity contribution in [3.05, 3.63) is 84.4 Å². The number of carbonyl (C=O) groups excluding carboxylic acids is 3. The second-order valence-corrected chi connectivity index (χ2v) is 5.67. The number of amides is 1. The van der Waals surface area contributed by atoms with E-state index in [1.807, 2.05) is 60.7 Å². The fourth-order valence-electron chi connectivity index (χ4n) is 2.40. The SMILES string of the molecule is C=CCOC(=O)NC(C=O)CC(=O)OC(c1ccccc1)c1ccccc1. The number of benzene rings is 2. The Balaban J connectivity index is 2.06. The van der Waals surface area contributed by atoms with Crippen LogP contribution in [-0.4, -0.2) is 31.0 Å². The van der Waals surface area contributed by atoms with Crippen molar-refractivity contribution < 1.29 is 23.9 Å². The minimum Gasteiger partial charge on any atom is -0.452 e. The Morgan fingerprint density at radius 3 is 2.04 bits per heavy atom. The average Bonchev–Trinajstić information content (AvgIpc) is 2.71. The lowest BCUT2D eigenvalue weighted by Crippen LogP contribution is -2.38. The second kappa shape index (κ2) is 10.6. The average molecular weight is 367 g/mol. The molecule has 6 heteroatoms. The van der Waals surface area contributed by atoms with Gasteiger partial charge in [0.25, 0.3) is 0 Å². The van der Waals surface area contributed by atoms with E-state index in [0.717, 1.165) is 11.1 Å². The van der Waals surface area contributed by atoms with E-state index in [9.17, 15) is 14.4 Å². The molecule has 1 N–H and O–H groups in total. The van der Waals surface area contributed by atoms with Crippen LogP contribution in [-0.2, 0) is 19.1 Å². The highest BCUT2D eigenvalue weighted by Gasteiger charge is 2.22. The van der Waals surface area contributed by atoms with Gasteiger partial charge in [0.05, 0.1) is 12.5 Å². The van der Waals surface area contributed by atoms with Crippen LogP contribution in [0, 0.1) is 0 Å². The molecule has 6 nitrogen and oxygen atoms in total. The Hall–Kier alpha value is -3.41. The Morgan fingerprint density at radius 1 is 1.00 bits per heavy atom. The zero-order valence-corrected chi connectivity index (χ0v) is 14.7. The number of rotatable bonds is 9. The molecule has 140 valence electrons. The molecule has 0 spiro atoms. The highest BCUT2D eigenvalue weighted by Crippen LogP contribution is 2.26. The molecule has 2 rings (SSSR count). The lowest BCUT2D eigenvalue weighted by molar-refractivity contribution is -0.148. The van der Waals surface area contributed by atoms with Gasteiger partial charge in [-0.1, -0.05) is 73.3 Å². The van der Waals surface area contributed by atoms with Crippen molar-refractivity contribution in [2.24, 2.45) is 0 Å². The second-order valence-electron chi connectivity index (χ2n) is 5.67. The summed E-state index contributed by atoms with van der Waals surface area (Å²) in [5, 5.41) is 2.31. The largest absolute Gasteiger partial charge is 0.452 e. The molecular weight excluding hydrogens is 346 g/mol. The molecule has 0 radical (unpaired) electrons. The van der Waals surface area contributed by atoms with E-state index in [4.69, 9.17) is 9.47 Å². The predicted molar refractivity (Wildman–Crippen MR) is 100.0 cm³/mol. The van der Waals surface area contributed by atoms with Crippen molar-refractivity contribution >= 4 is 18.3 Å². The van der Waals surface area contributed by atoms with Gasteiger partial charge < -0.3 is 19.6 Å². The first-order valence-corrected chi connectivity index (χ1v) is 8.43. The Morgan fingerprint density at radius 2 is 1.56 bits per heavy atom. The minimum absolute atomic E-state index is 0.00590. The van der Waals surface area contributed by atoms with Crippen LogP contribution in [0.4, 0.5) is 4.79 Å². The van der Waals surface area contributed by atoms with Gasteiger partial charge in [-0.25, -0.2) is 4.79 Å².